The maximum Gasteiger partial charge on any atom is 0.328 e. The van der Waals surface area contributed by atoms with Crippen LogP contribution in [0, 0.1) is 0 Å². The Morgan fingerprint density at radius 1 is 1.14 bits per heavy atom. The molecule has 1 aromatic carbocycles. The van der Waals surface area contributed by atoms with Crippen molar-refractivity contribution in [3.8, 4) is 16.9 Å². The quantitative estimate of drug-likeness (QED) is 0.667. The third-order valence-electron chi connectivity index (χ3n) is 4.31. The van der Waals surface area contributed by atoms with Gasteiger partial charge in [-0.3, -0.25) is 9.88 Å². The third kappa shape index (κ3) is 6.07. The maximum absolute atomic E-state index is 9.55. The van der Waals surface area contributed by atoms with Gasteiger partial charge in [0, 0.05) is 36.2 Å². The number of aromatic nitrogens is 1. The fourth-order valence-electron chi connectivity index (χ4n) is 2.96. The summed E-state index contributed by atoms with van der Waals surface area (Å²) in [6.07, 6.45) is 7.30. The predicted molar refractivity (Wildman–Crippen MR) is 105 cm³/mol. The van der Waals surface area contributed by atoms with Crippen molar-refractivity contribution in [1.82, 2.24) is 9.88 Å². The molecule has 2 aromatic rings. The lowest BCUT2D eigenvalue weighted by Gasteiger charge is -2.20. The molecule has 3 rings (SSSR count). The van der Waals surface area contributed by atoms with Crippen LogP contribution in [-0.2, 0) is 9.59 Å². The second-order valence-electron chi connectivity index (χ2n) is 6.32. The first-order chi connectivity index (χ1) is 13.3. The molecule has 1 fully saturated rings. The van der Waals surface area contributed by atoms with Gasteiger partial charge >= 0.3 is 11.9 Å². The number of carbonyl (C=O) groups is 2. The smallest absolute Gasteiger partial charge is 0.328 e. The van der Waals surface area contributed by atoms with Crippen molar-refractivity contribution in [2.45, 2.75) is 18.9 Å². The number of phenolic OH excluding ortho intramolecular Hbond substituents is 1. The largest absolute Gasteiger partial charge is 0.506 e. The summed E-state index contributed by atoms with van der Waals surface area (Å²) < 4.78 is 0. The Balaban J connectivity index is 0.000000300. The van der Waals surface area contributed by atoms with E-state index < -0.39 is 11.9 Å². The fraction of sp³-hybridized carbons (Fsp3) is 0.250. The topological polar surface area (TPSA) is 111 Å². The SMILES string of the molecule is CN1CCCC1c1cncc(-c2ccc(O)c(Cl)c2)c1.O=C(O)C=CC(=O)O. The molecule has 0 amide bonds. The molecule has 1 aliphatic heterocycles. The van der Waals surface area contributed by atoms with E-state index in [0.29, 0.717) is 23.2 Å². The minimum absolute atomic E-state index is 0.107. The zero-order chi connectivity index (χ0) is 20.7. The third-order valence-corrected chi connectivity index (χ3v) is 4.62. The molecule has 28 heavy (non-hydrogen) atoms. The molecule has 148 valence electrons. The van der Waals surface area contributed by atoms with Gasteiger partial charge in [0.05, 0.1) is 5.02 Å². The summed E-state index contributed by atoms with van der Waals surface area (Å²) in [6, 6.07) is 7.88. The van der Waals surface area contributed by atoms with Crippen LogP contribution in [0.2, 0.25) is 5.02 Å². The lowest BCUT2D eigenvalue weighted by molar-refractivity contribution is -0.134. The molecular formula is C20H21ClN2O5. The second-order valence-corrected chi connectivity index (χ2v) is 6.73. The summed E-state index contributed by atoms with van der Waals surface area (Å²) in [6.45, 7) is 1.14. The van der Waals surface area contributed by atoms with Gasteiger partial charge < -0.3 is 15.3 Å². The van der Waals surface area contributed by atoms with Gasteiger partial charge in [-0.1, -0.05) is 17.7 Å². The maximum atomic E-state index is 9.55. The summed E-state index contributed by atoms with van der Waals surface area (Å²) in [5.74, 6) is -2.41. The van der Waals surface area contributed by atoms with E-state index in [2.05, 4.69) is 23.0 Å². The van der Waals surface area contributed by atoms with Crippen LogP contribution in [0.4, 0.5) is 0 Å². The molecule has 0 spiro atoms. The average Bonchev–Trinajstić information content (AvgIpc) is 3.09. The van der Waals surface area contributed by atoms with Gasteiger partial charge in [0.2, 0.25) is 0 Å². The number of carboxylic acid groups (broad SMARTS) is 2. The van der Waals surface area contributed by atoms with Crippen molar-refractivity contribution in [3.63, 3.8) is 0 Å². The Labute approximate surface area is 167 Å². The highest BCUT2D eigenvalue weighted by atomic mass is 35.5. The van der Waals surface area contributed by atoms with E-state index in [4.69, 9.17) is 21.8 Å². The standard InChI is InChI=1S/C16H17ClN2O.C4H4O4/c1-19-6-2-3-15(19)13-7-12(9-18-10-13)11-4-5-16(20)14(17)8-11;5-3(6)1-2-4(7)8/h4-5,7-10,15,20H,2-3,6H2,1H3;1-2H,(H,5,6)(H,7,8). The second kappa shape index (κ2) is 9.87. The van der Waals surface area contributed by atoms with E-state index in [1.54, 1.807) is 12.1 Å². The zero-order valence-corrected chi connectivity index (χ0v) is 16.0. The molecule has 1 saturated heterocycles. The van der Waals surface area contributed by atoms with Gasteiger partial charge in [0.25, 0.3) is 0 Å². The Morgan fingerprint density at radius 3 is 2.36 bits per heavy atom. The van der Waals surface area contributed by atoms with Crippen molar-refractivity contribution < 1.29 is 24.9 Å². The number of aliphatic carboxylic acids is 2. The molecule has 0 aliphatic carbocycles. The average molecular weight is 405 g/mol. The van der Waals surface area contributed by atoms with E-state index in [0.717, 1.165) is 17.7 Å². The number of rotatable bonds is 4. The van der Waals surface area contributed by atoms with Crippen LogP contribution in [0.3, 0.4) is 0 Å². The first-order valence-electron chi connectivity index (χ1n) is 8.56. The fourth-order valence-corrected chi connectivity index (χ4v) is 3.14. The summed E-state index contributed by atoms with van der Waals surface area (Å²) in [4.78, 5) is 25.8. The van der Waals surface area contributed by atoms with E-state index in [-0.39, 0.29) is 5.75 Å². The van der Waals surface area contributed by atoms with Crippen LogP contribution < -0.4 is 0 Å². The molecule has 0 bridgehead atoms. The van der Waals surface area contributed by atoms with Gasteiger partial charge in [0.15, 0.2) is 0 Å². The number of hydrogen-bond acceptors (Lipinski definition) is 5. The van der Waals surface area contributed by atoms with E-state index in [1.165, 1.54) is 18.4 Å². The number of aromatic hydroxyl groups is 1. The number of carboxylic acids is 2. The molecule has 3 N–H and O–H groups in total. The van der Waals surface area contributed by atoms with Crippen molar-refractivity contribution >= 4 is 23.5 Å². The highest BCUT2D eigenvalue weighted by Crippen LogP contribution is 2.33. The number of benzene rings is 1. The number of hydrogen-bond donors (Lipinski definition) is 3. The highest BCUT2D eigenvalue weighted by molar-refractivity contribution is 6.32. The Morgan fingerprint density at radius 2 is 1.82 bits per heavy atom. The van der Waals surface area contributed by atoms with Gasteiger partial charge in [0.1, 0.15) is 5.75 Å². The van der Waals surface area contributed by atoms with Crippen LogP contribution in [0.1, 0.15) is 24.4 Å². The van der Waals surface area contributed by atoms with Crippen LogP contribution >= 0.6 is 11.6 Å². The highest BCUT2D eigenvalue weighted by Gasteiger charge is 2.23. The molecule has 0 saturated carbocycles. The number of phenols is 1. The molecule has 8 heteroatoms. The normalized spacial score (nSPS) is 16.6. The van der Waals surface area contributed by atoms with Crippen molar-refractivity contribution in [3.05, 3.63) is 59.4 Å². The molecule has 0 radical (unpaired) electrons. The van der Waals surface area contributed by atoms with E-state index >= 15 is 0 Å². The van der Waals surface area contributed by atoms with Crippen LogP contribution in [0.5, 0.6) is 5.75 Å². The molecule has 1 aliphatic rings. The lowest BCUT2D eigenvalue weighted by atomic mass is 10.0. The van der Waals surface area contributed by atoms with Crippen molar-refractivity contribution in [2.24, 2.45) is 0 Å². The predicted octanol–water partition coefficient (Wildman–Crippen LogP) is 3.59. The number of nitrogens with zero attached hydrogens (tertiary/aromatic N) is 2. The first kappa shape index (κ1) is 21.4. The zero-order valence-electron chi connectivity index (χ0n) is 15.2. The van der Waals surface area contributed by atoms with Gasteiger partial charge in [-0.15, -0.1) is 0 Å². The first-order valence-corrected chi connectivity index (χ1v) is 8.93. The minimum Gasteiger partial charge on any atom is -0.506 e. The van der Waals surface area contributed by atoms with Crippen LogP contribution in [0.15, 0.2) is 48.8 Å². The van der Waals surface area contributed by atoms with Crippen molar-refractivity contribution in [2.75, 3.05) is 13.6 Å². The Bertz CT molecular complexity index is 869. The molecule has 7 nitrogen and oxygen atoms in total. The van der Waals surface area contributed by atoms with Gasteiger partial charge in [-0.05, 0) is 55.8 Å². The lowest BCUT2D eigenvalue weighted by Crippen LogP contribution is -2.17. The number of pyridine rings is 1. The molecule has 1 aromatic heterocycles. The molecule has 1 unspecified atom stereocenters. The van der Waals surface area contributed by atoms with Crippen LogP contribution in [0.25, 0.3) is 11.1 Å². The van der Waals surface area contributed by atoms with Crippen LogP contribution in [-0.4, -0.2) is 50.7 Å². The summed E-state index contributed by atoms with van der Waals surface area (Å²) in [5.41, 5.74) is 3.25. The van der Waals surface area contributed by atoms with E-state index in [1.807, 2.05) is 18.5 Å². The van der Waals surface area contributed by atoms with Crippen molar-refractivity contribution in [1.29, 1.82) is 0 Å². The summed E-state index contributed by atoms with van der Waals surface area (Å²) in [7, 11) is 2.15. The monoisotopic (exact) mass is 404 g/mol. The number of halogens is 1. The summed E-state index contributed by atoms with van der Waals surface area (Å²) in [5, 5.41) is 25.5. The Hall–Kier alpha value is -2.90. The number of likely N-dealkylation sites (tertiary alicyclic amines) is 1. The molecule has 1 atom stereocenters. The van der Waals surface area contributed by atoms with Gasteiger partial charge in [-0.2, -0.15) is 0 Å². The minimum atomic E-state index is -1.26. The molecular weight excluding hydrogens is 384 g/mol. The van der Waals surface area contributed by atoms with Gasteiger partial charge in [-0.25, -0.2) is 9.59 Å². The summed E-state index contributed by atoms with van der Waals surface area (Å²) >= 11 is 5.98. The molecule has 2 heterocycles. The Kier molecular flexibility index (Phi) is 7.54. The van der Waals surface area contributed by atoms with E-state index in [9.17, 15) is 14.7 Å².